The van der Waals surface area contributed by atoms with Gasteiger partial charge in [-0.1, -0.05) is 17.7 Å². The lowest BCUT2D eigenvalue weighted by Crippen LogP contribution is -1.98. The average Bonchev–Trinajstić information content (AvgIpc) is 2.29. The highest BCUT2D eigenvalue weighted by Crippen LogP contribution is 2.25. The number of hydrogen-bond donors (Lipinski definition) is 1. The maximum atomic E-state index is 5.79. The fraction of sp³-hybridized carbons (Fsp3) is 0.0833. The molecule has 0 radical (unpaired) electrons. The Bertz CT molecular complexity index is 474. The number of nitrogens with zero attached hydrogens (tertiary/aromatic N) is 1. The van der Waals surface area contributed by atoms with Crippen molar-refractivity contribution in [3.8, 4) is 5.75 Å². The summed E-state index contributed by atoms with van der Waals surface area (Å²) in [5.41, 5.74) is 7.30. The van der Waals surface area contributed by atoms with Gasteiger partial charge >= 0.3 is 0 Å². The minimum absolute atomic E-state index is 0.444. The molecule has 0 amide bonds. The number of anilines is 1. The zero-order chi connectivity index (χ0) is 11.4. The lowest BCUT2D eigenvalue weighted by atomic mass is 10.3. The molecule has 2 aromatic rings. The summed E-state index contributed by atoms with van der Waals surface area (Å²) in [6.45, 7) is 0.444. The minimum Gasteiger partial charge on any atom is -0.487 e. The first-order chi connectivity index (χ1) is 7.75. The number of benzene rings is 1. The van der Waals surface area contributed by atoms with Crippen molar-refractivity contribution in [3.63, 3.8) is 0 Å². The second-order valence-corrected chi connectivity index (χ2v) is 3.77. The third kappa shape index (κ3) is 2.64. The number of halogens is 1. The van der Waals surface area contributed by atoms with Crippen molar-refractivity contribution in [2.24, 2.45) is 0 Å². The molecule has 0 aliphatic rings. The molecule has 0 unspecified atom stereocenters. The minimum atomic E-state index is 0.444. The van der Waals surface area contributed by atoms with E-state index in [9.17, 15) is 0 Å². The highest BCUT2D eigenvalue weighted by atomic mass is 35.5. The Labute approximate surface area is 98.8 Å². The van der Waals surface area contributed by atoms with E-state index < -0.39 is 0 Å². The monoisotopic (exact) mass is 234 g/mol. The van der Waals surface area contributed by atoms with Gasteiger partial charge in [0.1, 0.15) is 12.4 Å². The second kappa shape index (κ2) is 4.86. The van der Waals surface area contributed by atoms with Crippen molar-refractivity contribution in [1.82, 2.24) is 4.98 Å². The van der Waals surface area contributed by atoms with Crippen LogP contribution in [0.1, 0.15) is 5.56 Å². The number of rotatable bonds is 3. The predicted octanol–water partition coefficient (Wildman–Crippen LogP) is 2.90. The van der Waals surface area contributed by atoms with Crippen LogP contribution in [0.2, 0.25) is 5.02 Å². The van der Waals surface area contributed by atoms with Crippen LogP contribution in [0, 0.1) is 0 Å². The standard InChI is InChI=1S/C12H11ClN2O/c13-10-3-4-12(11(14)6-10)16-8-9-2-1-5-15-7-9/h1-7H,8,14H2. The number of aromatic nitrogens is 1. The van der Waals surface area contributed by atoms with E-state index in [1.54, 1.807) is 30.6 Å². The molecular weight excluding hydrogens is 224 g/mol. The van der Waals surface area contributed by atoms with Gasteiger partial charge in [0.15, 0.2) is 0 Å². The molecule has 2 rings (SSSR count). The van der Waals surface area contributed by atoms with E-state index in [1.165, 1.54) is 0 Å². The molecule has 0 aliphatic heterocycles. The molecular formula is C12H11ClN2O. The molecule has 4 heteroatoms. The Morgan fingerprint density at radius 1 is 1.31 bits per heavy atom. The van der Waals surface area contributed by atoms with E-state index in [0.29, 0.717) is 23.1 Å². The second-order valence-electron chi connectivity index (χ2n) is 3.33. The molecule has 0 saturated carbocycles. The Balaban J connectivity index is 2.05. The number of nitrogen functional groups attached to an aromatic ring is 1. The lowest BCUT2D eigenvalue weighted by Gasteiger charge is -2.08. The molecule has 0 bridgehead atoms. The number of hydrogen-bond acceptors (Lipinski definition) is 3. The molecule has 0 fully saturated rings. The summed E-state index contributed by atoms with van der Waals surface area (Å²) >= 11 is 5.79. The summed E-state index contributed by atoms with van der Waals surface area (Å²) in [7, 11) is 0. The predicted molar refractivity (Wildman–Crippen MR) is 64.4 cm³/mol. The first kappa shape index (κ1) is 10.8. The summed E-state index contributed by atoms with van der Waals surface area (Å²) in [5.74, 6) is 0.633. The molecule has 2 N–H and O–H groups in total. The first-order valence-corrected chi connectivity index (χ1v) is 5.20. The summed E-state index contributed by atoms with van der Waals surface area (Å²) < 4.78 is 5.55. The van der Waals surface area contributed by atoms with Gasteiger partial charge in [-0.3, -0.25) is 4.98 Å². The molecule has 3 nitrogen and oxygen atoms in total. The summed E-state index contributed by atoms with van der Waals surface area (Å²) in [5, 5.41) is 0.603. The van der Waals surface area contributed by atoms with Crippen molar-refractivity contribution in [2.75, 3.05) is 5.73 Å². The summed E-state index contributed by atoms with van der Waals surface area (Å²) in [4.78, 5) is 4.00. The van der Waals surface area contributed by atoms with Gasteiger partial charge in [-0.25, -0.2) is 0 Å². The Morgan fingerprint density at radius 2 is 2.19 bits per heavy atom. The summed E-state index contributed by atoms with van der Waals surface area (Å²) in [6.07, 6.45) is 3.48. The molecule has 1 aromatic heterocycles. The van der Waals surface area contributed by atoms with Crippen LogP contribution in [0.3, 0.4) is 0 Å². The molecule has 16 heavy (non-hydrogen) atoms. The smallest absolute Gasteiger partial charge is 0.142 e. The van der Waals surface area contributed by atoms with Crippen LogP contribution >= 0.6 is 11.6 Å². The van der Waals surface area contributed by atoms with Crippen LogP contribution in [-0.4, -0.2) is 4.98 Å². The first-order valence-electron chi connectivity index (χ1n) is 4.82. The van der Waals surface area contributed by atoms with E-state index >= 15 is 0 Å². The zero-order valence-corrected chi connectivity index (χ0v) is 9.32. The average molecular weight is 235 g/mol. The van der Waals surface area contributed by atoms with Gasteiger partial charge in [-0.15, -0.1) is 0 Å². The molecule has 82 valence electrons. The maximum absolute atomic E-state index is 5.79. The Morgan fingerprint density at radius 3 is 2.88 bits per heavy atom. The zero-order valence-electron chi connectivity index (χ0n) is 8.56. The molecule has 0 spiro atoms. The molecule has 0 saturated heterocycles. The third-order valence-electron chi connectivity index (χ3n) is 2.09. The highest BCUT2D eigenvalue weighted by molar-refractivity contribution is 6.30. The van der Waals surface area contributed by atoms with Crippen LogP contribution in [0.15, 0.2) is 42.7 Å². The molecule has 0 atom stereocenters. The van der Waals surface area contributed by atoms with Crippen molar-refractivity contribution in [3.05, 3.63) is 53.3 Å². The summed E-state index contributed by atoms with van der Waals surface area (Å²) in [6, 6.07) is 8.98. The molecule has 1 aromatic carbocycles. The van der Waals surface area contributed by atoms with Gasteiger partial charge in [0.2, 0.25) is 0 Å². The molecule has 1 heterocycles. The Kier molecular flexibility index (Phi) is 3.27. The topological polar surface area (TPSA) is 48.1 Å². The van der Waals surface area contributed by atoms with Crippen molar-refractivity contribution in [2.45, 2.75) is 6.61 Å². The highest BCUT2D eigenvalue weighted by Gasteiger charge is 2.01. The van der Waals surface area contributed by atoms with Gasteiger partial charge < -0.3 is 10.5 Å². The maximum Gasteiger partial charge on any atom is 0.142 e. The van der Waals surface area contributed by atoms with Crippen LogP contribution in [0.4, 0.5) is 5.69 Å². The number of pyridine rings is 1. The van der Waals surface area contributed by atoms with Gasteiger partial charge in [-0.2, -0.15) is 0 Å². The van der Waals surface area contributed by atoms with Crippen LogP contribution < -0.4 is 10.5 Å². The van der Waals surface area contributed by atoms with Gasteiger partial charge in [-0.05, 0) is 24.3 Å². The van der Waals surface area contributed by atoms with Crippen molar-refractivity contribution >= 4 is 17.3 Å². The van der Waals surface area contributed by atoms with E-state index in [0.717, 1.165) is 5.56 Å². The number of nitrogens with two attached hydrogens (primary N) is 1. The van der Waals surface area contributed by atoms with Crippen LogP contribution in [-0.2, 0) is 6.61 Å². The quantitative estimate of drug-likeness (QED) is 0.831. The SMILES string of the molecule is Nc1cc(Cl)ccc1OCc1cccnc1. The van der Waals surface area contributed by atoms with E-state index in [-0.39, 0.29) is 0 Å². The van der Waals surface area contributed by atoms with Crippen molar-refractivity contribution in [1.29, 1.82) is 0 Å². The number of ether oxygens (including phenoxy) is 1. The largest absolute Gasteiger partial charge is 0.487 e. The van der Waals surface area contributed by atoms with Crippen molar-refractivity contribution < 1.29 is 4.74 Å². The molecule has 0 aliphatic carbocycles. The van der Waals surface area contributed by atoms with Gasteiger partial charge in [0.05, 0.1) is 5.69 Å². The van der Waals surface area contributed by atoms with Gasteiger partial charge in [0.25, 0.3) is 0 Å². The lowest BCUT2D eigenvalue weighted by molar-refractivity contribution is 0.307. The van der Waals surface area contributed by atoms with Crippen LogP contribution in [0.5, 0.6) is 5.75 Å². The fourth-order valence-corrected chi connectivity index (χ4v) is 1.48. The van der Waals surface area contributed by atoms with Crippen LogP contribution in [0.25, 0.3) is 0 Å². The van der Waals surface area contributed by atoms with Gasteiger partial charge in [0, 0.05) is 23.0 Å². The normalized spacial score (nSPS) is 10.1. The third-order valence-corrected chi connectivity index (χ3v) is 2.32. The Hall–Kier alpha value is -1.74. The fourth-order valence-electron chi connectivity index (χ4n) is 1.30. The van der Waals surface area contributed by atoms with E-state index in [4.69, 9.17) is 22.1 Å². The van der Waals surface area contributed by atoms with E-state index in [2.05, 4.69) is 4.98 Å². The van der Waals surface area contributed by atoms with E-state index in [1.807, 2.05) is 12.1 Å².